The molecule has 0 aromatic heterocycles. The molecule has 0 spiro atoms. The fourth-order valence-corrected chi connectivity index (χ4v) is 3.22. The second kappa shape index (κ2) is 8.63. The predicted molar refractivity (Wildman–Crippen MR) is 99.6 cm³/mol. The van der Waals surface area contributed by atoms with E-state index in [9.17, 15) is 26.8 Å². The normalized spacial score (nSPS) is 11.4. The molecule has 0 atom stereocenters. The van der Waals surface area contributed by atoms with Gasteiger partial charge < -0.3 is 10.6 Å². The third-order valence-electron chi connectivity index (χ3n) is 3.57. The van der Waals surface area contributed by atoms with Gasteiger partial charge in [0.1, 0.15) is 0 Å². The molecule has 0 unspecified atom stereocenters. The van der Waals surface area contributed by atoms with E-state index in [1.54, 1.807) is 0 Å². The molecule has 11 heteroatoms. The van der Waals surface area contributed by atoms with Crippen LogP contribution in [0.15, 0.2) is 41.3 Å². The lowest BCUT2D eigenvalue weighted by atomic mass is 10.2. The van der Waals surface area contributed by atoms with Gasteiger partial charge in [-0.05, 0) is 30.3 Å². The number of benzene rings is 2. The summed E-state index contributed by atoms with van der Waals surface area (Å²) in [5.41, 5.74) is -0.125. The van der Waals surface area contributed by atoms with Gasteiger partial charge in [0.25, 0.3) is 5.91 Å². The Kier molecular flexibility index (Phi) is 6.70. The Labute approximate surface area is 165 Å². The Morgan fingerprint density at radius 3 is 2.36 bits per heavy atom. The van der Waals surface area contributed by atoms with Crippen molar-refractivity contribution < 1.29 is 26.8 Å². The van der Waals surface area contributed by atoms with E-state index in [1.165, 1.54) is 26.2 Å². The summed E-state index contributed by atoms with van der Waals surface area (Å²) in [6.07, 6.45) is 0. The summed E-state index contributed by atoms with van der Waals surface area (Å²) in [6.45, 7) is -0.501. The molecular formula is C17H16ClF2N3O4S. The van der Waals surface area contributed by atoms with Crippen molar-refractivity contribution in [1.29, 1.82) is 0 Å². The molecule has 2 aromatic carbocycles. The third kappa shape index (κ3) is 5.03. The van der Waals surface area contributed by atoms with Crippen LogP contribution in [0.4, 0.5) is 14.5 Å². The predicted octanol–water partition coefficient (Wildman–Crippen LogP) is 2.24. The number of carbonyl (C=O) groups excluding carboxylic acids is 2. The highest BCUT2D eigenvalue weighted by Crippen LogP contribution is 2.22. The van der Waals surface area contributed by atoms with E-state index in [2.05, 4.69) is 10.6 Å². The second-order valence-corrected chi connectivity index (χ2v) is 8.35. The Balaban J connectivity index is 2.08. The van der Waals surface area contributed by atoms with E-state index in [0.717, 1.165) is 28.6 Å². The smallest absolute Gasteiger partial charge is 0.253 e. The van der Waals surface area contributed by atoms with Gasteiger partial charge in [0.2, 0.25) is 15.9 Å². The van der Waals surface area contributed by atoms with Crippen LogP contribution >= 0.6 is 11.6 Å². The summed E-state index contributed by atoms with van der Waals surface area (Å²) in [5.74, 6) is -3.67. The number of amides is 2. The van der Waals surface area contributed by atoms with Gasteiger partial charge >= 0.3 is 0 Å². The van der Waals surface area contributed by atoms with Gasteiger partial charge in [0, 0.05) is 25.8 Å². The SMILES string of the molecule is CN(C)S(=O)(=O)c1ccc(Cl)c(C(=O)NCC(=O)Nc2ccc(F)c(F)c2)c1. The standard InChI is InChI=1S/C17H16ClF2N3O4S/c1-23(2)28(26,27)11-4-5-13(18)12(8-11)17(25)21-9-16(24)22-10-3-6-14(19)15(20)7-10/h3-8H,9H2,1-2H3,(H,21,25)(H,22,24). The van der Waals surface area contributed by atoms with Gasteiger partial charge in [0.15, 0.2) is 11.6 Å². The summed E-state index contributed by atoms with van der Waals surface area (Å²) in [7, 11) is -1.10. The molecule has 0 aliphatic carbocycles. The van der Waals surface area contributed by atoms with Crippen LogP contribution < -0.4 is 10.6 Å². The summed E-state index contributed by atoms with van der Waals surface area (Å²) < 4.78 is 51.3. The molecule has 28 heavy (non-hydrogen) atoms. The quantitative estimate of drug-likeness (QED) is 0.733. The van der Waals surface area contributed by atoms with Gasteiger partial charge in [-0.25, -0.2) is 21.5 Å². The molecule has 0 bridgehead atoms. The van der Waals surface area contributed by atoms with Gasteiger partial charge in [-0.15, -0.1) is 0 Å². The van der Waals surface area contributed by atoms with E-state index in [-0.39, 0.29) is 21.2 Å². The first-order valence-corrected chi connectivity index (χ1v) is 9.59. The number of hydrogen-bond acceptors (Lipinski definition) is 4. The van der Waals surface area contributed by atoms with Crippen LogP contribution in [0.25, 0.3) is 0 Å². The zero-order chi connectivity index (χ0) is 21.1. The molecule has 0 aliphatic heterocycles. The lowest BCUT2D eigenvalue weighted by molar-refractivity contribution is -0.115. The van der Waals surface area contributed by atoms with Gasteiger partial charge in [-0.1, -0.05) is 11.6 Å². The Hall–Kier alpha value is -2.56. The van der Waals surface area contributed by atoms with Crippen LogP contribution in [0, 0.1) is 11.6 Å². The molecule has 0 heterocycles. The number of sulfonamides is 1. The fourth-order valence-electron chi connectivity index (χ4n) is 2.08. The third-order valence-corrected chi connectivity index (χ3v) is 5.71. The van der Waals surface area contributed by atoms with Crippen molar-refractivity contribution in [2.24, 2.45) is 0 Å². The Bertz CT molecular complexity index is 1030. The van der Waals surface area contributed by atoms with Crippen molar-refractivity contribution in [1.82, 2.24) is 9.62 Å². The number of carbonyl (C=O) groups is 2. The van der Waals surface area contributed by atoms with Crippen molar-refractivity contribution in [3.8, 4) is 0 Å². The van der Waals surface area contributed by atoms with Gasteiger partial charge in [0.05, 0.1) is 22.0 Å². The topological polar surface area (TPSA) is 95.6 Å². The van der Waals surface area contributed by atoms with Crippen LogP contribution in [0.1, 0.15) is 10.4 Å². The molecule has 2 aromatic rings. The van der Waals surface area contributed by atoms with Crippen molar-refractivity contribution in [3.63, 3.8) is 0 Å². The minimum atomic E-state index is -3.78. The van der Waals surface area contributed by atoms with E-state index in [4.69, 9.17) is 11.6 Å². The second-order valence-electron chi connectivity index (χ2n) is 5.79. The van der Waals surface area contributed by atoms with Crippen LogP contribution in [0.2, 0.25) is 5.02 Å². The summed E-state index contributed by atoms with van der Waals surface area (Å²) in [6, 6.07) is 6.41. The molecule has 0 fully saturated rings. The van der Waals surface area contributed by atoms with Crippen molar-refractivity contribution in [3.05, 3.63) is 58.6 Å². The molecule has 0 saturated heterocycles. The van der Waals surface area contributed by atoms with Crippen molar-refractivity contribution in [2.45, 2.75) is 4.90 Å². The van der Waals surface area contributed by atoms with Crippen molar-refractivity contribution in [2.75, 3.05) is 26.0 Å². The molecular weight excluding hydrogens is 416 g/mol. The maximum Gasteiger partial charge on any atom is 0.253 e. The Morgan fingerprint density at radius 1 is 1.07 bits per heavy atom. The number of rotatable bonds is 6. The summed E-state index contributed by atoms with van der Waals surface area (Å²) >= 11 is 5.95. The fraction of sp³-hybridized carbons (Fsp3) is 0.176. The molecule has 0 radical (unpaired) electrons. The molecule has 0 saturated carbocycles. The molecule has 150 valence electrons. The number of nitrogens with one attached hydrogen (secondary N) is 2. The van der Waals surface area contributed by atoms with Crippen LogP contribution in [0.3, 0.4) is 0 Å². The highest BCUT2D eigenvalue weighted by atomic mass is 35.5. The highest BCUT2D eigenvalue weighted by molar-refractivity contribution is 7.89. The average Bonchev–Trinajstić information content (AvgIpc) is 2.63. The monoisotopic (exact) mass is 431 g/mol. The lowest BCUT2D eigenvalue weighted by Crippen LogP contribution is -2.33. The molecule has 2 amide bonds. The van der Waals surface area contributed by atoms with E-state index >= 15 is 0 Å². The van der Waals surface area contributed by atoms with E-state index in [1.807, 2.05) is 0 Å². The minimum Gasteiger partial charge on any atom is -0.343 e. The number of hydrogen-bond donors (Lipinski definition) is 2. The molecule has 7 nitrogen and oxygen atoms in total. The first kappa shape index (κ1) is 21.7. The number of anilines is 1. The molecule has 0 aliphatic rings. The van der Waals surface area contributed by atoms with E-state index in [0.29, 0.717) is 0 Å². The zero-order valence-corrected chi connectivity index (χ0v) is 16.4. The maximum absolute atomic E-state index is 13.1. The maximum atomic E-state index is 13.1. The van der Waals surface area contributed by atoms with Crippen LogP contribution in [-0.2, 0) is 14.8 Å². The van der Waals surface area contributed by atoms with Crippen LogP contribution in [0.5, 0.6) is 0 Å². The summed E-state index contributed by atoms with van der Waals surface area (Å²) in [4.78, 5) is 24.0. The minimum absolute atomic E-state index is 0.00350. The lowest BCUT2D eigenvalue weighted by Gasteiger charge is -2.13. The van der Waals surface area contributed by atoms with Crippen molar-refractivity contribution >= 4 is 39.1 Å². The average molecular weight is 432 g/mol. The number of nitrogens with zero attached hydrogens (tertiary/aromatic N) is 1. The Morgan fingerprint density at radius 2 is 1.75 bits per heavy atom. The van der Waals surface area contributed by atoms with E-state index < -0.39 is 40.0 Å². The largest absolute Gasteiger partial charge is 0.343 e. The summed E-state index contributed by atoms with van der Waals surface area (Å²) in [5, 5.41) is 4.56. The first-order chi connectivity index (χ1) is 13.0. The highest BCUT2D eigenvalue weighted by Gasteiger charge is 2.21. The van der Waals surface area contributed by atoms with Crippen LogP contribution in [-0.4, -0.2) is 45.2 Å². The van der Waals surface area contributed by atoms with Gasteiger partial charge in [-0.3, -0.25) is 9.59 Å². The number of halogens is 3. The molecule has 2 rings (SSSR count). The first-order valence-electron chi connectivity index (χ1n) is 7.77. The van der Waals surface area contributed by atoms with Gasteiger partial charge in [-0.2, -0.15) is 0 Å². The zero-order valence-electron chi connectivity index (χ0n) is 14.8. The molecule has 2 N–H and O–H groups in total.